The van der Waals surface area contributed by atoms with E-state index < -0.39 is 12.2 Å². The minimum atomic E-state index is -0.529. The summed E-state index contributed by atoms with van der Waals surface area (Å²) in [6.07, 6.45) is 9.70. The second kappa shape index (κ2) is 11.5. The summed E-state index contributed by atoms with van der Waals surface area (Å²) in [7, 11) is 0. The Labute approximate surface area is 141 Å². The highest BCUT2D eigenvalue weighted by atomic mass is 16.3. The fraction of sp³-hybridized carbons (Fsp3) is 0.700. The van der Waals surface area contributed by atoms with E-state index in [4.69, 9.17) is 5.73 Å². The molecule has 2 unspecified atom stereocenters. The van der Waals surface area contributed by atoms with Crippen molar-refractivity contribution >= 4 is 5.69 Å². The molecule has 2 atom stereocenters. The fourth-order valence-electron chi connectivity index (χ4n) is 2.94. The lowest BCUT2D eigenvalue weighted by Crippen LogP contribution is -2.05. The Morgan fingerprint density at radius 3 is 1.96 bits per heavy atom. The van der Waals surface area contributed by atoms with Gasteiger partial charge >= 0.3 is 0 Å². The number of unbranched alkanes of at least 4 members (excludes halogenated alkanes) is 6. The quantitative estimate of drug-likeness (QED) is 0.362. The summed E-state index contributed by atoms with van der Waals surface area (Å²) in [4.78, 5) is 0. The zero-order valence-electron chi connectivity index (χ0n) is 14.9. The van der Waals surface area contributed by atoms with Crippen molar-refractivity contribution in [1.29, 1.82) is 0 Å². The standard InChI is InChI=1S/C20H35NO2/c1-3-5-7-9-11-19(22)16-13-14-18(21)17(15-16)20(23)12-10-8-6-4-2/h13-15,19-20,22-23H,3-12,21H2,1-2H3. The SMILES string of the molecule is CCCCCCC(O)c1ccc(N)c(C(O)CCCCCC)c1. The molecule has 0 saturated carbocycles. The van der Waals surface area contributed by atoms with E-state index >= 15 is 0 Å². The van der Waals surface area contributed by atoms with Crippen LogP contribution >= 0.6 is 0 Å². The molecule has 0 fully saturated rings. The van der Waals surface area contributed by atoms with E-state index in [-0.39, 0.29) is 0 Å². The molecule has 132 valence electrons. The van der Waals surface area contributed by atoms with Crippen LogP contribution in [0.4, 0.5) is 5.69 Å². The van der Waals surface area contributed by atoms with Crippen molar-refractivity contribution in [3.05, 3.63) is 29.3 Å². The third-order valence-corrected chi connectivity index (χ3v) is 4.52. The van der Waals surface area contributed by atoms with E-state index in [1.807, 2.05) is 18.2 Å². The van der Waals surface area contributed by atoms with Gasteiger partial charge in [-0.1, -0.05) is 71.3 Å². The summed E-state index contributed by atoms with van der Waals surface area (Å²) in [5.74, 6) is 0. The molecule has 1 aromatic rings. The Bertz CT molecular complexity index is 434. The monoisotopic (exact) mass is 321 g/mol. The molecule has 0 spiro atoms. The van der Waals surface area contributed by atoms with Gasteiger partial charge < -0.3 is 15.9 Å². The van der Waals surface area contributed by atoms with Crippen molar-refractivity contribution in [1.82, 2.24) is 0 Å². The van der Waals surface area contributed by atoms with Crippen LogP contribution in [0.2, 0.25) is 0 Å². The van der Waals surface area contributed by atoms with E-state index in [9.17, 15) is 10.2 Å². The number of anilines is 1. The minimum Gasteiger partial charge on any atom is -0.398 e. The third kappa shape index (κ3) is 7.36. The molecular formula is C20H35NO2. The second-order valence-corrected chi connectivity index (χ2v) is 6.62. The molecule has 0 radical (unpaired) electrons. The first-order valence-electron chi connectivity index (χ1n) is 9.35. The highest BCUT2D eigenvalue weighted by Gasteiger charge is 2.15. The summed E-state index contributed by atoms with van der Waals surface area (Å²) >= 11 is 0. The highest BCUT2D eigenvalue weighted by molar-refractivity contribution is 5.50. The number of nitrogen functional groups attached to an aromatic ring is 1. The maximum Gasteiger partial charge on any atom is 0.0810 e. The molecule has 23 heavy (non-hydrogen) atoms. The summed E-state index contributed by atoms with van der Waals surface area (Å²) in [6, 6.07) is 5.59. The van der Waals surface area contributed by atoms with Crippen LogP contribution in [0.5, 0.6) is 0 Å². The van der Waals surface area contributed by atoms with Gasteiger partial charge in [0.25, 0.3) is 0 Å². The molecule has 1 aromatic carbocycles. The first-order valence-corrected chi connectivity index (χ1v) is 9.35. The lowest BCUT2D eigenvalue weighted by molar-refractivity contribution is 0.157. The molecule has 0 heterocycles. The predicted molar refractivity (Wildman–Crippen MR) is 98.3 cm³/mol. The van der Waals surface area contributed by atoms with Gasteiger partial charge in [0.2, 0.25) is 0 Å². The minimum absolute atomic E-state index is 0.460. The Balaban J connectivity index is 2.59. The average Bonchev–Trinajstić information content (AvgIpc) is 2.55. The Morgan fingerprint density at radius 1 is 0.826 bits per heavy atom. The molecule has 0 bridgehead atoms. The Kier molecular flexibility index (Phi) is 9.97. The first kappa shape index (κ1) is 20.0. The van der Waals surface area contributed by atoms with E-state index in [2.05, 4.69) is 13.8 Å². The maximum atomic E-state index is 10.4. The molecule has 0 aromatic heterocycles. The molecule has 0 aliphatic carbocycles. The number of aliphatic hydroxyl groups is 2. The smallest absolute Gasteiger partial charge is 0.0810 e. The second-order valence-electron chi connectivity index (χ2n) is 6.62. The third-order valence-electron chi connectivity index (χ3n) is 4.52. The van der Waals surface area contributed by atoms with Gasteiger partial charge in [0.1, 0.15) is 0 Å². The lowest BCUT2D eigenvalue weighted by atomic mass is 9.95. The molecular weight excluding hydrogens is 286 g/mol. The van der Waals surface area contributed by atoms with Crippen molar-refractivity contribution in [3.8, 4) is 0 Å². The van der Waals surface area contributed by atoms with E-state index in [0.29, 0.717) is 5.69 Å². The molecule has 3 nitrogen and oxygen atoms in total. The Morgan fingerprint density at radius 2 is 1.39 bits per heavy atom. The molecule has 0 amide bonds. The van der Waals surface area contributed by atoms with E-state index in [1.54, 1.807) is 0 Å². The predicted octanol–water partition coefficient (Wildman–Crippen LogP) is 5.28. The molecule has 0 aliphatic heterocycles. The first-order chi connectivity index (χ1) is 11.1. The fourth-order valence-corrected chi connectivity index (χ4v) is 2.94. The number of aliphatic hydroxyl groups excluding tert-OH is 2. The van der Waals surface area contributed by atoms with Crippen LogP contribution in [0, 0.1) is 0 Å². The van der Waals surface area contributed by atoms with Gasteiger partial charge in [0, 0.05) is 11.3 Å². The lowest BCUT2D eigenvalue weighted by Gasteiger charge is -2.17. The summed E-state index contributed by atoms with van der Waals surface area (Å²) in [5.41, 5.74) is 8.28. The highest BCUT2D eigenvalue weighted by Crippen LogP contribution is 2.29. The normalized spacial score (nSPS) is 13.9. The van der Waals surface area contributed by atoms with Gasteiger partial charge in [-0.15, -0.1) is 0 Å². The van der Waals surface area contributed by atoms with Crippen LogP contribution in [0.15, 0.2) is 18.2 Å². The number of hydrogen-bond acceptors (Lipinski definition) is 3. The van der Waals surface area contributed by atoms with Crippen molar-refractivity contribution in [2.75, 3.05) is 5.73 Å². The van der Waals surface area contributed by atoms with Crippen molar-refractivity contribution in [2.24, 2.45) is 0 Å². The van der Waals surface area contributed by atoms with Crippen molar-refractivity contribution in [3.63, 3.8) is 0 Å². The summed E-state index contributed by atoms with van der Waals surface area (Å²) < 4.78 is 0. The van der Waals surface area contributed by atoms with Gasteiger partial charge in [-0.3, -0.25) is 0 Å². The molecule has 3 heteroatoms. The molecule has 4 N–H and O–H groups in total. The van der Waals surface area contributed by atoms with Gasteiger partial charge in [-0.2, -0.15) is 0 Å². The van der Waals surface area contributed by atoms with Gasteiger partial charge in [0.15, 0.2) is 0 Å². The van der Waals surface area contributed by atoms with E-state index in [0.717, 1.165) is 49.7 Å². The maximum absolute atomic E-state index is 10.4. The average molecular weight is 322 g/mol. The van der Waals surface area contributed by atoms with Crippen LogP contribution in [0.25, 0.3) is 0 Å². The van der Waals surface area contributed by atoms with Crippen LogP contribution in [-0.4, -0.2) is 10.2 Å². The van der Waals surface area contributed by atoms with Gasteiger partial charge in [0.05, 0.1) is 12.2 Å². The van der Waals surface area contributed by atoms with Crippen LogP contribution in [0.3, 0.4) is 0 Å². The largest absolute Gasteiger partial charge is 0.398 e. The summed E-state index contributed by atoms with van der Waals surface area (Å²) in [6.45, 7) is 4.37. The topological polar surface area (TPSA) is 66.5 Å². The van der Waals surface area contributed by atoms with Gasteiger partial charge in [-0.05, 0) is 30.5 Å². The van der Waals surface area contributed by atoms with Crippen LogP contribution < -0.4 is 5.73 Å². The molecule has 0 aliphatic rings. The number of hydrogen-bond donors (Lipinski definition) is 3. The Hall–Kier alpha value is -1.06. The molecule has 1 rings (SSSR count). The van der Waals surface area contributed by atoms with E-state index in [1.165, 1.54) is 25.7 Å². The van der Waals surface area contributed by atoms with Crippen LogP contribution in [-0.2, 0) is 0 Å². The van der Waals surface area contributed by atoms with Crippen LogP contribution in [0.1, 0.15) is 101 Å². The van der Waals surface area contributed by atoms with Crippen molar-refractivity contribution in [2.45, 2.75) is 90.3 Å². The van der Waals surface area contributed by atoms with Crippen molar-refractivity contribution < 1.29 is 10.2 Å². The number of nitrogens with two attached hydrogens (primary N) is 1. The van der Waals surface area contributed by atoms with Gasteiger partial charge in [-0.25, -0.2) is 0 Å². The number of rotatable bonds is 12. The molecule has 0 saturated heterocycles. The zero-order valence-corrected chi connectivity index (χ0v) is 14.9. The summed E-state index contributed by atoms with van der Waals surface area (Å²) in [5, 5.41) is 20.7. The number of benzene rings is 1. The zero-order chi connectivity index (χ0) is 17.1.